The van der Waals surface area contributed by atoms with Crippen molar-refractivity contribution in [2.45, 2.75) is 12.8 Å². The van der Waals surface area contributed by atoms with Gasteiger partial charge in [0.15, 0.2) is 0 Å². The maximum Gasteiger partial charge on any atom is 0.313 e. The molecule has 0 N–H and O–H groups in total. The van der Waals surface area contributed by atoms with Crippen LogP contribution in [0.25, 0.3) is 0 Å². The van der Waals surface area contributed by atoms with Crippen molar-refractivity contribution < 1.29 is 19.2 Å². The third-order valence-corrected chi connectivity index (χ3v) is 2.44. The van der Waals surface area contributed by atoms with E-state index in [1.54, 1.807) is 0 Å². The van der Waals surface area contributed by atoms with Crippen molar-refractivity contribution in [2.75, 3.05) is 7.11 Å². The molecule has 0 bridgehead atoms. The first-order valence-electron chi connectivity index (χ1n) is 4.95. The third-order valence-electron chi connectivity index (χ3n) is 2.20. The van der Waals surface area contributed by atoms with E-state index in [1.807, 2.05) is 0 Å². The lowest BCUT2D eigenvalue weighted by Crippen LogP contribution is -2.12. The number of methoxy groups -OCH3 is 1. The van der Waals surface area contributed by atoms with E-state index in [1.165, 1.54) is 25.3 Å². The summed E-state index contributed by atoms with van der Waals surface area (Å²) in [4.78, 5) is 32.5. The summed E-state index contributed by atoms with van der Waals surface area (Å²) in [7, 11) is 1.17. The molecule has 96 valence electrons. The second kappa shape index (κ2) is 6.11. The number of nitro benzene ring substituents is 1. The van der Waals surface area contributed by atoms with Crippen molar-refractivity contribution in [2.24, 2.45) is 0 Å². The Kier molecular flexibility index (Phi) is 4.79. The van der Waals surface area contributed by atoms with Crippen LogP contribution in [0.4, 0.5) is 5.69 Å². The molecule has 1 aromatic rings. The molecule has 0 saturated heterocycles. The number of benzene rings is 1. The fourth-order valence-corrected chi connectivity index (χ4v) is 1.53. The van der Waals surface area contributed by atoms with Crippen LogP contribution in [0.5, 0.6) is 0 Å². The molecule has 0 atom stereocenters. The number of esters is 1. The highest BCUT2D eigenvalue weighted by molar-refractivity contribution is 6.30. The zero-order valence-corrected chi connectivity index (χ0v) is 10.3. The molecule has 0 saturated carbocycles. The van der Waals surface area contributed by atoms with Gasteiger partial charge in [0.25, 0.3) is 5.69 Å². The van der Waals surface area contributed by atoms with Crippen molar-refractivity contribution in [1.29, 1.82) is 0 Å². The molecule has 1 rings (SSSR count). The van der Waals surface area contributed by atoms with Gasteiger partial charge >= 0.3 is 5.97 Å². The highest BCUT2D eigenvalue weighted by Crippen LogP contribution is 2.23. The molecule has 0 amide bonds. The summed E-state index contributed by atoms with van der Waals surface area (Å²) < 4.78 is 4.34. The molecule has 0 heterocycles. The number of hydrogen-bond donors (Lipinski definition) is 0. The van der Waals surface area contributed by atoms with Gasteiger partial charge in [-0.25, -0.2) is 0 Å². The minimum Gasteiger partial charge on any atom is -0.469 e. The number of carbonyl (C=O) groups is 2. The van der Waals surface area contributed by atoms with Crippen LogP contribution in [0.15, 0.2) is 18.2 Å². The third kappa shape index (κ3) is 3.81. The van der Waals surface area contributed by atoms with Gasteiger partial charge in [0.2, 0.25) is 0 Å². The lowest BCUT2D eigenvalue weighted by atomic mass is 10.1. The van der Waals surface area contributed by atoms with Gasteiger partial charge in [-0.3, -0.25) is 19.7 Å². The van der Waals surface area contributed by atoms with Gasteiger partial charge in [-0.15, -0.1) is 0 Å². The van der Waals surface area contributed by atoms with Crippen LogP contribution in [0.3, 0.4) is 0 Å². The topological polar surface area (TPSA) is 86.5 Å². The van der Waals surface area contributed by atoms with Crippen LogP contribution in [-0.2, 0) is 20.7 Å². The van der Waals surface area contributed by atoms with Crippen LogP contribution in [-0.4, -0.2) is 23.8 Å². The van der Waals surface area contributed by atoms with E-state index in [2.05, 4.69) is 4.74 Å². The van der Waals surface area contributed by atoms with Gasteiger partial charge in [-0.05, 0) is 6.07 Å². The summed E-state index contributed by atoms with van der Waals surface area (Å²) in [6.45, 7) is 0. The van der Waals surface area contributed by atoms with Gasteiger partial charge in [0, 0.05) is 23.1 Å². The summed E-state index contributed by atoms with van der Waals surface area (Å²) in [5, 5.41) is 11.0. The molecule has 0 unspecified atom stereocenters. The zero-order chi connectivity index (χ0) is 13.7. The van der Waals surface area contributed by atoms with Gasteiger partial charge in [0.05, 0.1) is 12.0 Å². The van der Waals surface area contributed by atoms with Gasteiger partial charge in [0.1, 0.15) is 12.2 Å². The minimum atomic E-state index is -0.670. The fourth-order valence-electron chi connectivity index (χ4n) is 1.36. The van der Waals surface area contributed by atoms with Crippen molar-refractivity contribution in [3.8, 4) is 0 Å². The highest BCUT2D eigenvalue weighted by Gasteiger charge is 2.18. The van der Waals surface area contributed by atoms with Crippen LogP contribution in [0, 0.1) is 10.1 Å². The monoisotopic (exact) mass is 271 g/mol. The predicted octanol–water partition coefficient (Wildman–Crippen LogP) is 1.92. The van der Waals surface area contributed by atoms with Crippen molar-refractivity contribution in [3.05, 3.63) is 38.9 Å². The Morgan fingerprint density at radius 3 is 2.67 bits per heavy atom. The van der Waals surface area contributed by atoms with Crippen molar-refractivity contribution >= 4 is 29.0 Å². The smallest absolute Gasteiger partial charge is 0.313 e. The Hall–Kier alpha value is -1.95. The van der Waals surface area contributed by atoms with Gasteiger partial charge in [-0.1, -0.05) is 17.7 Å². The number of rotatable bonds is 5. The number of carbonyl (C=O) groups excluding carboxylic acids is 2. The number of nitrogens with zero attached hydrogens (tertiary/aromatic N) is 1. The summed E-state index contributed by atoms with van der Waals surface area (Å²) in [5.74, 6) is -1.12. The number of Topliss-reactive ketones (excluding diaryl/α,β-unsaturated/α-hetero) is 1. The molecule has 0 fully saturated rings. The lowest BCUT2D eigenvalue weighted by Gasteiger charge is -2.02. The van der Waals surface area contributed by atoms with E-state index >= 15 is 0 Å². The van der Waals surface area contributed by atoms with E-state index in [-0.39, 0.29) is 22.7 Å². The highest BCUT2D eigenvalue weighted by atomic mass is 35.5. The number of ether oxygens (including phenoxy) is 1. The number of nitro groups is 1. The van der Waals surface area contributed by atoms with E-state index in [9.17, 15) is 19.7 Å². The maximum absolute atomic E-state index is 11.5. The van der Waals surface area contributed by atoms with E-state index in [4.69, 9.17) is 11.6 Å². The predicted molar refractivity (Wildman–Crippen MR) is 63.5 cm³/mol. The second-order valence-electron chi connectivity index (χ2n) is 3.50. The average Bonchev–Trinajstić information content (AvgIpc) is 2.30. The minimum absolute atomic E-state index is 0.206. The Bertz CT molecular complexity index is 500. The van der Waals surface area contributed by atoms with Crippen LogP contribution < -0.4 is 0 Å². The van der Waals surface area contributed by atoms with E-state index in [0.29, 0.717) is 0 Å². The fraction of sp³-hybridized carbons (Fsp3) is 0.273. The molecular formula is C11H10ClNO5. The molecule has 0 aromatic heterocycles. The molecule has 0 aliphatic heterocycles. The molecule has 6 nitrogen and oxygen atoms in total. The van der Waals surface area contributed by atoms with Gasteiger partial charge in [-0.2, -0.15) is 0 Å². The van der Waals surface area contributed by atoms with Crippen molar-refractivity contribution in [1.82, 2.24) is 0 Å². The van der Waals surface area contributed by atoms with E-state index < -0.39 is 23.1 Å². The molecule has 7 heteroatoms. The Balaban J connectivity index is 2.87. The Labute approximate surface area is 108 Å². The summed E-state index contributed by atoms with van der Waals surface area (Å²) >= 11 is 5.64. The van der Waals surface area contributed by atoms with Gasteiger partial charge < -0.3 is 4.74 Å². The van der Waals surface area contributed by atoms with E-state index in [0.717, 1.165) is 0 Å². The number of halogens is 1. The summed E-state index contributed by atoms with van der Waals surface area (Å²) in [5.41, 5.74) is -0.0148. The normalized spacial score (nSPS) is 9.89. The molecule has 0 aliphatic carbocycles. The number of ketones is 1. The average molecular weight is 272 g/mol. The number of hydrogen-bond acceptors (Lipinski definition) is 5. The second-order valence-corrected chi connectivity index (χ2v) is 3.93. The first-order valence-corrected chi connectivity index (χ1v) is 5.33. The Morgan fingerprint density at radius 2 is 2.11 bits per heavy atom. The first kappa shape index (κ1) is 14.1. The van der Waals surface area contributed by atoms with Crippen LogP contribution >= 0.6 is 11.6 Å². The summed E-state index contributed by atoms with van der Waals surface area (Å²) in [6, 6.07) is 4.02. The SMILES string of the molecule is COC(=O)CC(=O)Cc1ccc(Cl)cc1[N+](=O)[O-]. The summed E-state index contributed by atoms with van der Waals surface area (Å²) in [6.07, 6.45) is -0.612. The largest absolute Gasteiger partial charge is 0.469 e. The molecular weight excluding hydrogens is 262 g/mol. The van der Waals surface area contributed by atoms with Crippen molar-refractivity contribution in [3.63, 3.8) is 0 Å². The standard InChI is InChI=1S/C11H10ClNO5/c1-18-11(15)6-9(14)4-7-2-3-8(12)5-10(7)13(16)17/h2-3,5H,4,6H2,1H3. The zero-order valence-electron chi connectivity index (χ0n) is 9.51. The Morgan fingerprint density at radius 1 is 1.44 bits per heavy atom. The molecule has 0 spiro atoms. The quantitative estimate of drug-likeness (QED) is 0.353. The lowest BCUT2D eigenvalue weighted by molar-refractivity contribution is -0.385. The van der Waals surface area contributed by atoms with Crippen LogP contribution in [0.1, 0.15) is 12.0 Å². The first-order chi connectivity index (χ1) is 8.43. The van der Waals surface area contributed by atoms with Crippen LogP contribution in [0.2, 0.25) is 5.02 Å². The maximum atomic E-state index is 11.5. The molecule has 0 radical (unpaired) electrons. The molecule has 0 aliphatic rings. The molecule has 18 heavy (non-hydrogen) atoms. The molecule has 1 aromatic carbocycles.